The smallest absolute Gasteiger partial charge is 0.195 e. The van der Waals surface area contributed by atoms with Crippen molar-refractivity contribution in [1.82, 2.24) is 19.5 Å². The molecule has 0 aliphatic rings. The third-order valence-corrected chi connectivity index (χ3v) is 11.8. The number of oxazole rings is 1. The number of unbranched alkanes of at least 4 members (excludes halogenated alkanes) is 3. The number of thiazole rings is 1. The molecule has 9 aromatic rings. The van der Waals surface area contributed by atoms with Crippen LogP contribution in [-0.2, 0) is 40.7 Å². The van der Waals surface area contributed by atoms with Gasteiger partial charge in [0, 0.05) is 56.8 Å². The Balaban J connectivity index is -0.000000171. The number of imidazole rings is 1. The molecule has 0 saturated carbocycles. The highest BCUT2D eigenvalue weighted by molar-refractivity contribution is 7.80. The second kappa shape index (κ2) is 72.3. The number of nitrogen functional groups attached to an aromatic ring is 3. The zero-order chi connectivity index (χ0) is 69.1. The van der Waals surface area contributed by atoms with Crippen molar-refractivity contribution in [3.63, 3.8) is 0 Å². The van der Waals surface area contributed by atoms with E-state index in [1.165, 1.54) is 27.5 Å². The highest BCUT2D eigenvalue weighted by atomic mass is 32.1. The van der Waals surface area contributed by atoms with Gasteiger partial charge in [0.15, 0.2) is 11.5 Å². The molecular weight excluding hydrogens is 1160 g/mol. The van der Waals surface area contributed by atoms with Crippen LogP contribution >= 0.6 is 24.0 Å². The zero-order valence-corrected chi connectivity index (χ0v) is 60.2. The first kappa shape index (κ1) is 96.1. The number of nitrogens with two attached hydrogens (primary N) is 3. The van der Waals surface area contributed by atoms with Gasteiger partial charge in [-0.2, -0.15) is 0 Å². The lowest BCUT2D eigenvalue weighted by molar-refractivity contribution is -0.108. The Labute approximate surface area is 557 Å². The van der Waals surface area contributed by atoms with Crippen molar-refractivity contribution in [1.29, 1.82) is 0 Å². The molecule has 0 fully saturated rings. The van der Waals surface area contributed by atoms with Crippen molar-refractivity contribution in [2.45, 2.75) is 214 Å². The van der Waals surface area contributed by atoms with E-state index in [4.69, 9.17) is 26.7 Å². The summed E-state index contributed by atoms with van der Waals surface area (Å²) in [5, 5.41) is 13.0. The minimum atomic E-state index is 0. The van der Waals surface area contributed by atoms with E-state index in [9.17, 15) is 14.4 Å². The molecule has 8 N–H and O–H groups in total. The van der Waals surface area contributed by atoms with Crippen molar-refractivity contribution in [2.75, 3.05) is 29.6 Å². The van der Waals surface area contributed by atoms with Gasteiger partial charge >= 0.3 is 0 Å². The van der Waals surface area contributed by atoms with Crippen LogP contribution in [0.25, 0.3) is 32.3 Å². The van der Waals surface area contributed by atoms with Crippen LogP contribution in [0.2, 0.25) is 0 Å². The molecule has 0 amide bonds. The maximum absolute atomic E-state index is 9.40. The molecule has 0 saturated heterocycles. The van der Waals surface area contributed by atoms with Gasteiger partial charge in [-0.15, -0.1) is 24.0 Å². The molecule has 15 heteroatoms. The minimum absolute atomic E-state index is 0. The first-order valence-electron chi connectivity index (χ1n) is 32.3. The molecule has 0 spiro atoms. The molecule has 13 nitrogen and oxygen atoms in total. The Hall–Kier alpha value is -7.49. The maximum atomic E-state index is 9.40. The number of thiol groups is 1. The number of benzene rings is 6. The van der Waals surface area contributed by atoms with Gasteiger partial charge in [0.25, 0.3) is 0 Å². The van der Waals surface area contributed by atoms with Crippen molar-refractivity contribution >= 4 is 97.9 Å². The molecule has 0 bridgehead atoms. The van der Waals surface area contributed by atoms with Gasteiger partial charge < -0.3 is 51.0 Å². The lowest BCUT2D eigenvalue weighted by atomic mass is 10.3. The molecular formula is C75H124N8O5S2. The molecule has 6 aromatic carbocycles. The number of para-hydroxylation sites is 10. The van der Waals surface area contributed by atoms with Gasteiger partial charge in [-0.3, -0.25) is 0 Å². The molecule has 3 heterocycles. The number of carbonyl (C=O) groups excluding carboxylic acids is 3. The summed E-state index contributed by atoms with van der Waals surface area (Å²) in [6, 6.07) is 46.3. The molecule has 0 unspecified atom stereocenters. The van der Waals surface area contributed by atoms with Crippen LogP contribution in [0.15, 0.2) is 155 Å². The fourth-order valence-electron chi connectivity index (χ4n) is 6.18. The summed E-state index contributed by atoms with van der Waals surface area (Å²) >= 11 is 5.88. The highest BCUT2D eigenvalue weighted by Gasteiger charge is 2.05. The Bertz CT molecular complexity index is 2710. The summed E-state index contributed by atoms with van der Waals surface area (Å²) < 4.78 is 8.98. The number of aromatic hydroxyl groups is 1. The van der Waals surface area contributed by atoms with Crippen molar-refractivity contribution < 1.29 is 23.9 Å². The predicted molar refractivity (Wildman–Crippen MR) is 405 cm³/mol. The fourth-order valence-corrected chi connectivity index (χ4v) is 7.41. The second-order valence-corrected chi connectivity index (χ2v) is 18.4. The molecule has 9 rings (SSSR count). The molecule has 0 aliphatic carbocycles. The molecule has 0 aliphatic heterocycles. The summed E-state index contributed by atoms with van der Waals surface area (Å²) in [5.74, 6) is 2.18. The standard InChI is InChI=1S/C11H14N2.C10H11NO.C10H11NS.C7H10N2.C6H7NO.C6H7NS.3C4H8O.6C2H6.CH4/c1-3-6-11-12-9-7-4-5-8-10(9)13(11)2;2*1-2-5-10-11-8-6-3-4-7-9(8)12-10;1-9-7-5-3-2-4-6(7)8;2*7-5-3-1-2-4-6(5)8;3*1-2-3-4-5;6*1-2;/h4-5,7-8H,3,6H2,1-2H3;2*3-4,6-7H,2,5H2,1H3;2-5,9H,8H2,1H3;2*1-4,8H,7H2;3*4H,2-3H2,1H3;6*1-2H3;1H4. The molecule has 0 atom stereocenters. The third-order valence-electron chi connectivity index (χ3n) is 10.3. The van der Waals surface area contributed by atoms with Crippen molar-refractivity contribution in [2.24, 2.45) is 7.05 Å². The molecule has 0 radical (unpaired) electrons. The van der Waals surface area contributed by atoms with E-state index in [1.54, 1.807) is 24.3 Å². The van der Waals surface area contributed by atoms with E-state index in [-0.39, 0.29) is 13.2 Å². The summed E-state index contributed by atoms with van der Waals surface area (Å²) in [4.78, 5) is 42.5. The van der Waals surface area contributed by atoms with Gasteiger partial charge in [-0.25, -0.2) is 15.0 Å². The first-order valence-corrected chi connectivity index (χ1v) is 33.6. The summed E-state index contributed by atoms with van der Waals surface area (Å²) in [6.45, 7) is 36.4. The maximum Gasteiger partial charge on any atom is 0.195 e. The molecule has 506 valence electrons. The van der Waals surface area contributed by atoms with Gasteiger partial charge in [0.1, 0.15) is 35.9 Å². The van der Waals surface area contributed by atoms with E-state index in [0.29, 0.717) is 24.9 Å². The monoisotopic (exact) mass is 1280 g/mol. The number of rotatable bonds is 13. The summed E-state index contributed by atoms with van der Waals surface area (Å²) in [7, 11) is 3.94. The Morgan fingerprint density at radius 1 is 0.500 bits per heavy atom. The van der Waals surface area contributed by atoms with Crippen LogP contribution < -0.4 is 22.5 Å². The predicted octanol–water partition coefficient (Wildman–Crippen LogP) is 22.1. The quantitative estimate of drug-likeness (QED) is 0.0275. The van der Waals surface area contributed by atoms with Crippen LogP contribution in [0.5, 0.6) is 5.75 Å². The minimum Gasteiger partial charge on any atom is -0.506 e. The number of phenolic OH excluding ortho intramolecular Hbond substituents is 1. The van der Waals surface area contributed by atoms with Gasteiger partial charge in [0.05, 0.1) is 43.3 Å². The number of nitrogens with zero attached hydrogens (tertiary/aromatic N) is 4. The van der Waals surface area contributed by atoms with Gasteiger partial charge in [0.2, 0.25) is 0 Å². The average Bonchev–Trinajstić information content (AvgIpc) is 1.81. The van der Waals surface area contributed by atoms with Gasteiger partial charge in [-0.05, 0) is 118 Å². The van der Waals surface area contributed by atoms with E-state index < -0.39 is 0 Å². The van der Waals surface area contributed by atoms with Crippen LogP contribution in [0.4, 0.5) is 22.7 Å². The van der Waals surface area contributed by atoms with E-state index in [1.807, 2.05) is 207 Å². The zero-order valence-electron chi connectivity index (χ0n) is 58.5. The number of aryl methyl sites for hydroxylation is 4. The lowest BCUT2D eigenvalue weighted by Crippen LogP contribution is -1.96. The Morgan fingerprint density at radius 2 is 0.922 bits per heavy atom. The first-order chi connectivity index (χ1) is 43.3. The molecule has 3 aromatic heterocycles. The number of aromatic nitrogens is 4. The van der Waals surface area contributed by atoms with Gasteiger partial charge in [-0.1, -0.05) is 205 Å². The third kappa shape index (κ3) is 47.5. The highest BCUT2D eigenvalue weighted by Crippen LogP contribution is 2.23. The summed E-state index contributed by atoms with van der Waals surface area (Å²) in [5.41, 5.74) is 24.5. The fraction of sp³-hybridized carbons (Fsp3) is 0.440. The largest absolute Gasteiger partial charge is 0.506 e. The van der Waals surface area contributed by atoms with E-state index >= 15 is 0 Å². The van der Waals surface area contributed by atoms with E-state index in [2.05, 4.69) is 102 Å². The summed E-state index contributed by atoms with van der Waals surface area (Å²) in [6.07, 6.45) is 14.3. The lowest BCUT2D eigenvalue weighted by Gasteiger charge is -2.01. The number of hydrogen-bond acceptors (Lipinski definition) is 14. The number of phenols is 1. The normalized spacial score (nSPS) is 8.59. The number of nitrogens with one attached hydrogen (secondary N) is 1. The average molecular weight is 1280 g/mol. The number of fused-ring (bicyclic) bond motifs is 3. The van der Waals surface area contributed by atoms with Crippen LogP contribution in [0, 0.1) is 0 Å². The number of aldehydes is 3. The Kier molecular flexibility index (Phi) is 77.2. The molecule has 90 heavy (non-hydrogen) atoms. The Morgan fingerprint density at radius 3 is 1.29 bits per heavy atom. The van der Waals surface area contributed by atoms with Crippen molar-refractivity contribution in [3.05, 3.63) is 162 Å². The number of carbonyl (C=O) groups is 3. The van der Waals surface area contributed by atoms with E-state index in [0.717, 1.165) is 120 Å². The number of anilines is 4. The van der Waals surface area contributed by atoms with Crippen LogP contribution in [0.3, 0.4) is 0 Å². The van der Waals surface area contributed by atoms with Crippen molar-refractivity contribution in [3.8, 4) is 5.75 Å². The van der Waals surface area contributed by atoms with Crippen LogP contribution in [-0.4, -0.2) is 50.5 Å². The SMILES string of the molecule is C.CC.CC.CC.CC.CC.CC.CCCC=O.CCCC=O.CCCC=O.CCCc1nc2ccccc2n1C.CCCc1nc2ccccc2o1.CCCc1nc2ccccc2s1.CNc1ccccc1N.Nc1ccccc1O.Nc1ccccc1S. The number of hydrogen-bond donors (Lipinski definition) is 6. The van der Waals surface area contributed by atoms with Crippen LogP contribution in [0.1, 0.15) is 207 Å². The topological polar surface area (TPSA) is 218 Å². The second-order valence-electron chi connectivity index (χ2n) is 16.8.